The summed E-state index contributed by atoms with van der Waals surface area (Å²) in [5, 5.41) is 2.37. The Morgan fingerprint density at radius 3 is 2.15 bits per heavy atom. The first kappa shape index (κ1) is 31.8. The third kappa shape index (κ3) is 7.10. The Morgan fingerprint density at radius 2 is 1.61 bits per heavy atom. The minimum absolute atomic E-state index is 0.000816. The lowest BCUT2D eigenvalue weighted by molar-refractivity contribution is -0.184. The summed E-state index contributed by atoms with van der Waals surface area (Å²) < 4.78 is 21.2. The van der Waals surface area contributed by atoms with Crippen LogP contribution in [-0.2, 0) is 23.5 Å². The summed E-state index contributed by atoms with van der Waals surface area (Å²) >= 11 is 0. The van der Waals surface area contributed by atoms with Crippen LogP contribution in [0, 0.1) is 5.92 Å². The highest BCUT2D eigenvalue weighted by Crippen LogP contribution is 2.46. The number of benzene rings is 2. The number of carbonyl (C=O) groups excluding carboxylic acids is 2. The van der Waals surface area contributed by atoms with Crippen molar-refractivity contribution in [3.63, 3.8) is 0 Å². The predicted molar refractivity (Wildman–Crippen MR) is 167 cm³/mol. The lowest BCUT2D eigenvalue weighted by Gasteiger charge is -2.48. The van der Waals surface area contributed by atoms with Crippen molar-refractivity contribution in [2.24, 2.45) is 5.92 Å². The standard InChI is InChI=1S/C35H50O5Si/c1-7-8-15-29-24-35(33(39-29)21-20-28(40-35)22-26(2)32(37)23-27(3)36)25-38-41(34(4,5)6,30-16-11-9-12-17-30)31-18-13-10-14-19-31/h9-14,16-19,26,28-29,33H,7-8,15,20-25H2,1-6H3/t26-,28?,29+,33+,35-/m1/s1. The van der Waals surface area contributed by atoms with Gasteiger partial charge >= 0.3 is 0 Å². The molecule has 2 aromatic rings. The van der Waals surface area contributed by atoms with Gasteiger partial charge in [-0.25, -0.2) is 0 Å². The van der Waals surface area contributed by atoms with Crippen molar-refractivity contribution >= 4 is 30.3 Å². The topological polar surface area (TPSA) is 61.8 Å². The van der Waals surface area contributed by atoms with E-state index in [2.05, 4.69) is 88.4 Å². The number of ketones is 2. The van der Waals surface area contributed by atoms with Crippen molar-refractivity contribution in [2.45, 2.75) is 122 Å². The summed E-state index contributed by atoms with van der Waals surface area (Å²) in [7, 11) is -2.76. The molecule has 0 bridgehead atoms. The first-order valence-corrected chi connectivity index (χ1v) is 17.5. The van der Waals surface area contributed by atoms with E-state index in [1.807, 2.05) is 6.92 Å². The first-order chi connectivity index (χ1) is 19.5. The molecule has 4 rings (SSSR count). The Labute approximate surface area is 248 Å². The van der Waals surface area contributed by atoms with Gasteiger partial charge in [0.15, 0.2) is 0 Å². The molecule has 2 fully saturated rings. The van der Waals surface area contributed by atoms with Gasteiger partial charge in [-0.15, -0.1) is 0 Å². The molecule has 0 amide bonds. The van der Waals surface area contributed by atoms with Crippen LogP contribution < -0.4 is 10.4 Å². The quantitative estimate of drug-likeness (QED) is 0.203. The van der Waals surface area contributed by atoms with Crippen molar-refractivity contribution in [2.75, 3.05) is 6.61 Å². The number of rotatable bonds is 13. The van der Waals surface area contributed by atoms with E-state index >= 15 is 0 Å². The average molecular weight is 579 g/mol. The Kier molecular flexibility index (Phi) is 10.4. The van der Waals surface area contributed by atoms with E-state index in [1.165, 1.54) is 17.3 Å². The Balaban J connectivity index is 1.67. The largest absolute Gasteiger partial charge is 0.404 e. The zero-order valence-electron chi connectivity index (χ0n) is 26.0. The zero-order chi connectivity index (χ0) is 29.7. The number of hydrogen-bond donors (Lipinski definition) is 0. The molecular weight excluding hydrogens is 528 g/mol. The molecule has 1 unspecified atom stereocenters. The van der Waals surface area contributed by atoms with Crippen LogP contribution in [0.2, 0.25) is 5.04 Å². The second-order valence-corrected chi connectivity index (χ2v) is 17.7. The third-order valence-electron chi connectivity index (χ3n) is 9.09. The highest BCUT2D eigenvalue weighted by Gasteiger charge is 2.57. The lowest BCUT2D eigenvalue weighted by atomic mass is 9.84. The number of Topliss-reactive ketones (excluding diaryl/α,β-unsaturated/α-hetero) is 2. The maximum Gasteiger partial charge on any atom is 0.261 e. The number of hydrogen-bond acceptors (Lipinski definition) is 5. The van der Waals surface area contributed by atoms with Crippen LogP contribution in [0.5, 0.6) is 0 Å². The van der Waals surface area contributed by atoms with Crippen LogP contribution in [0.15, 0.2) is 60.7 Å². The van der Waals surface area contributed by atoms with Gasteiger partial charge in [0.25, 0.3) is 8.32 Å². The van der Waals surface area contributed by atoms with Crippen molar-refractivity contribution in [1.29, 1.82) is 0 Å². The molecule has 224 valence electrons. The van der Waals surface area contributed by atoms with Gasteiger partial charge in [-0.05, 0) is 48.0 Å². The summed E-state index contributed by atoms with van der Waals surface area (Å²) in [6, 6.07) is 21.5. The van der Waals surface area contributed by atoms with E-state index in [-0.39, 0.29) is 47.3 Å². The lowest BCUT2D eigenvalue weighted by Crippen LogP contribution is -2.68. The molecule has 41 heavy (non-hydrogen) atoms. The minimum atomic E-state index is -2.76. The average Bonchev–Trinajstić information content (AvgIpc) is 3.30. The van der Waals surface area contributed by atoms with E-state index in [4.69, 9.17) is 13.9 Å². The number of unbranched alkanes of at least 4 members (excludes halogenated alkanes) is 1. The Hall–Kier alpha value is -2.12. The number of carbonyl (C=O) groups is 2. The maximum absolute atomic E-state index is 12.7. The molecule has 2 saturated heterocycles. The van der Waals surface area contributed by atoms with E-state index in [0.717, 1.165) is 38.5 Å². The van der Waals surface area contributed by atoms with Crippen molar-refractivity contribution in [1.82, 2.24) is 0 Å². The monoisotopic (exact) mass is 578 g/mol. The van der Waals surface area contributed by atoms with Gasteiger partial charge in [0, 0.05) is 12.3 Å². The fourth-order valence-corrected chi connectivity index (χ4v) is 11.6. The van der Waals surface area contributed by atoms with Crippen molar-refractivity contribution in [3.8, 4) is 0 Å². The van der Waals surface area contributed by atoms with Crippen LogP contribution in [-0.4, -0.2) is 50.4 Å². The molecule has 2 heterocycles. The summed E-state index contributed by atoms with van der Waals surface area (Å²) in [6.45, 7) is 13.0. The van der Waals surface area contributed by atoms with Crippen molar-refractivity contribution < 1.29 is 23.5 Å². The van der Waals surface area contributed by atoms with Gasteiger partial charge in [0.05, 0.1) is 31.3 Å². The summed E-state index contributed by atoms with van der Waals surface area (Å²) in [5.41, 5.74) is -0.558. The normalized spacial score (nSPS) is 25.5. The van der Waals surface area contributed by atoms with Crippen LogP contribution >= 0.6 is 0 Å². The van der Waals surface area contributed by atoms with E-state index in [9.17, 15) is 9.59 Å². The summed E-state index contributed by atoms with van der Waals surface area (Å²) in [5.74, 6) is -0.290. The van der Waals surface area contributed by atoms with Gasteiger partial charge < -0.3 is 13.9 Å². The van der Waals surface area contributed by atoms with Gasteiger partial charge in [0.2, 0.25) is 0 Å². The molecule has 0 spiro atoms. The maximum atomic E-state index is 12.7. The molecule has 5 atom stereocenters. The molecule has 2 aliphatic heterocycles. The zero-order valence-corrected chi connectivity index (χ0v) is 27.0. The van der Waals surface area contributed by atoms with Gasteiger partial charge in [0.1, 0.15) is 17.2 Å². The van der Waals surface area contributed by atoms with Gasteiger partial charge in [-0.1, -0.05) is 108 Å². The van der Waals surface area contributed by atoms with Gasteiger partial charge in [-0.2, -0.15) is 0 Å². The van der Waals surface area contributed by atoms with E-state index in [1.54, 1.807) is 0 Å². The molecule has 2 aliphatic rings. The highest BCUT2D eigenvalue weighted by molar-refractivity contribution is 6.99. The third-order valence-corrected chi connectivity index (χ3v) is 14.1. The smallest absolute Gasteiger partial charge is 0.261 e. The second-order valence-electron chi connectivity index (χ2n) is 13.4. The Bertz CT molecular complexity index is 1100. The minimum Gasteiger partial charge on any atom is -0.404 e. The van der Waals surface area contributed by atoms with Crippen LogP contribution in [0.4, 0.5) is 0 Å². The SMILES string of the molecule is CCCC[C@H]1C[C@]2(CO[Si](c3ccccc3)(c3ccccc3)C(C)(C)C)OC(C[C@@H](C)C(=O)CC(C)=O)CC[C@@H]2O1. The van der Waals surface area contributed by atoms with Crippen molar-refractivity contribution in [3.05, 3.63) is 60.7 Å². The number of fused-ring (bicyclic) bond motifs is 1. The highest BCUT2D eigenvalue weighted by atomic mass is 28.4. The van der Waals surface area contributed by atoms with Crippen LogP contribution in [0.25, 0.3) is 0 Å². The molecule has 6 heteroatoms. The fraction of sp³-hybridized carbons (Fsp3) is 0.600. The Morgan fingerprint density at radius 1 is 1.00 bits per heavy atom. The second kappa shape index (κ2) is 13.5. The molecule has 2 aromatic carbocycles. The number of ether oxygens (including phenoxy) is 2. The predicted octanol–water partition coefficient (Wildman–Crippen LogP) is 6.40. The molecule has 5 nitrogen and oxygen atoms in total. The molecule has 0 N–H and O–H groups in total. The van der Waals surface area contributed by atoms with E-state index < -0.39 is 13.9 Å². The molecular formula is C35H50O5Si. The first-order valence-electron chi connectivity index (χ1n) is 15.6. The molecule has 0 aromatic heterocycles. The fourth-order valence-electron chi connectivity index (χ4n) is 7.00. The van der Waals surface area contributed by atoms with Crippen LogP contribution in [0.3, 0.4) is 0 Å². The van der Waals surface area contributed by atoms with Crippen LogP contribution in [0.1, 0.15) is 92.9 Å². The van der Waals surface area contributed by atoms with E-state index in [0.29, 0.717) is 13.0 Å². The summed E-state index contributed by atoms with van der Waals surface area (Å²) in [6.07, 6.45) is 6.53. The molecule has 0 aliphatic carbocycles. The molecule has 0 radical (unpaired) electrons. The van der Waals surface area contributed by atoms with Gasteiger partial charge in [-0.3, -0.25) is 9.59 Å². The summed E-state index contributed by atoms with van der Waals surface area (Å²) in [4.78, 5) is 24.3. The molecule has 0 saturated carbocycles.